The van der Waals surface area contributed by atoms with Gasteiger partial charge in [0, 0.05) is 34.4 Å². The molecule has 386 valence electrons. The van der Waals surface area contributed by atoms with Gasteiger partial charge in [0.15, 0.2) is 8.24 Å². The van der Waals surface area contributed by atoms with Crippen molar-refractivity contribution in [1.29, 1.82) is 0 Å². The quantitative estimate of drug-likeness (QED) is 0.0217. The van der Waals surface area contributed by atoms with Crippen LogP contribution in [0.5, 0.6) is 0 Å². The Balaban J connectivity index is 0.000000240. The van der Waals surface area contributed by atoms with E-state index in [-0.39, 0.29) is 48.4 Å². The Labute approximate surface area is 442 Å². The van der Waals surface area contributed by atoms with Crippen LogP contribution in [0.4, 0.5) is 53.9 Å². The zero-order valence-electron chi connectivity index (χ0n) is 36.9. The summed E-state index contributed by atoms with van der Waals surface area (Å²) in [5.74, 6) is -0.824. The Kier molecular flexibility index (Phi) is 18.2. The Morgan fingerprint density at radius 2 is 1.21 bits per heavy atom. The number of nitrogens with zero attached hydrogens (tertiary/aromatic N) is 3. The van der Waals surface area contributed by atoms with E-state index < -0.39 is 95.1 Å². The van der Waals surface area contributed by atoms with E-state index in [0.29, 0.717) is 23.4 Å². The molecule has 1 aliphatic heterocycles. The first-order valence-corrected chi connectivity index (χ1v) is 28.6. The van der Waals surface area contributed by atoms with E-state index in [1.807, 2.05) is 24.4 Å². The molecule has 1 aliphatic rings. The molecule has 1 atom stereocenters. The maximum Gasteiger partial charge on any atom is 0.417 e. The summed E-state index contributed by atoms with van der Waals surface area (Å²) in [7, 11) is -10.6. The molecule has 0 fully saturated rings. The Morgan fingerprint density at radius 1 is 0.712 bits per heavy atom. The van der Waals surface area contributed by atoms with Gasteiger partial charge in [0.05, 0.1) is 68.7 Å². The molecule has 6 aromatic rings. The zero-order valence-corrected chi connectivity index (χ0v) is 44.1. The molecule has 0 saturated heterocycles. The van der Waals surface area contributed by atoms with E-state index in [9.17, 15) is 57.6 Å². The van der Waals surface area contributed by atoms with E-state index >= 15 is 0 Å². The molecule has 6 N–H and O–H groups in total. The van der Waals surface area contributed by atoms with Crippen LogP contribution in [0.1, 0.15) is 44.5 Å². The first-order chi connectivity index (χ1) is 33.7. The number of urea groups is 1. The predicted octanol–water partition coefficient (Wildman–Crippen LogP) is 12.9. The van der Waals surface area contributed by atoms with Crippen molar-refractivity contribution in [1.82, 2.24) is 15.3 Å². The summed E-state index contributed by atoms with van der Waals surface area (Å²) in [6.45, 7) is 5.95. The first-order valence-electron chi connectivity index (χ1n) is 19.9. The monoisotopic (exact) mass is 1190 g/mol. The van der Waals surface area contributed by atoms with Crippen LogP contribution >= 0.6 is 69.6 Å². The lowest BCUT2D eigenvalue weighted by molar-refractivity contribution is -0.138. The molecule has 4 aromatic carbocycles. The highest BCUT2D eigenvalue weighted by Gasteiger charge is 2.37. The Morgan fingerprint density at radius 3 is 1.70 bits per heavy atom. The van der Waals surface area contributed by atoms with Gasteiger partial charge in [-0.25, -0.2) is 36.1 Å². The van der Waals surface area contributed by atoms with Crippen LogP contribution in [0.25, 0.3) is 0 Å². The van der Waals surface area contributed by atoms with Crippen LogP contribution in [0.2, 0.25) is 49.8 Å². The number of pyridine rings is 2. The fraction of sp³-hybridized carbons (Fsp3) is 0.140. The number of halogens is 12. The van der Waals surface area contributed by atoms with Gasteiger partial charge in [0.1, 0.15) is 11.7 Å². The number of carbonyl (C=O) groups is 2. The second-order valence-electron chi connectivity index (χ2n) is 15.8. The van der Waals surface area contributed by atoms with E-state index in [2.05, 4.69) is 30.0 Å². The molecule has 73 heavy (non-hydrogen) atoms. The van der Waals surface area contributed by atoms with Gasteiger partial charge in [0.2, 0.25) is 11.9 Å². The number of anilines is 4. The number of nitrogen functional groups attached to an aromatic ring is 1. The average Bonchev–Trinajstić information content (AvgIpc) is 3.25. The lowest BCUT2D eigenvalue weighted by atomic mass is 9.98. The molecule has 2 amide bonds. The third-order valence-electron chi connectivity index (χ3n) is 9.34. The summed E-state index contributed by atoms with van der Waals surface area (Å²) >= 11 is 35.4. The smallest absolute Gasteiger partial charge is 0.398 e. The first kappa shape index (κ1) is 58.2. The highest BCUT2D eigenvalue weighted by molar-refractivity contribution is 7.93. The topological polar surface area (TPSA) is 232 Å². The number of alkyl halides is 6. The summed E-state index contributed by atoms with van der Waals surface area (Å²) < 4.78 is 139. The number of isocyanates is 1. The molecule has 1 unspecified atom stereocenters. The normalized spacial score (nSPS) is 13.6. The molecule has 7 rings (SSSR count). The minimum atomic E-state index is -4.89. The summed E-state index contributed by atoms with van der Waals surface area (Å²) in [6, 6.07) is 14.0. The predicted molar refractivity (Wildman–Crippen MR) is 269 cm³/mol. The van der Waals surface area contributed by atoms with Crippen molar-refractivity contribution >= 4 is 139 Å². The van der Waals surface area contributed by atoms with Crippen molar-refractivity contribution in [3.05, 3.63) is 161 Å². The van der Waals surface area contributed by atoms with Crippen LogP contribution in [0.3, 0.4) is 0 Å². The lowest BCUT2D eigenvalue weighted by Gasteiger charge is -2.29. The molecule has 3 heterocycles. The molecule has 0 bridgehead atoms. The van der Waals surface area contributed by atoms with E-state index in [0.717, 1.165) is 36.5 Å². The summed E-state index contributed by atoms with van der Waals surface area (Å²) in [5.41, 5.74) is 2.87. The van der Waals surface area contributed by atoms with Crippen molar-refractivity contribution in [3.63, 3.8) is 0 Å². The highest BCUT2D eigenvalue weighted by atomic mass is 35.5. The van der Waals surface area contributed by atoms with Gasteiger partial charge in [0.25, 0.3) is 20.0 Å². The van der Waals surface area contributed by atoms with Gasteiger partial charge in [-0.15, -0.1) is 0 Å². The molecular weight excluding hydrogens is 1160 g/mol. The van der Waals surface area contributed by atoms with Gasteiger partial charge in [-0.1, -0.05) is 81.7 Å². The second-order valence-corrected chi connectivity index (χ2v) is 26.2. The van der Waals surface area contributed by atoms with Gasteiger partial charge in [-0.05, 0) is 92.4 Å². The number of nitrogens with one attached hydrogen (secondary N) is 4. The lowest BCUT2D eigenvalue weighted by Crippen LogP contribution is -2.39. The van der Waals surface area contributed by atoms with Crippen LogP contribution < -0.4 is 25.8 Å². The summed E-state index contributed by atoms with van der Waals surface area (Å²) in [5, 5.41) is 4.11. The zero-order chi connectivity index (χ0) is 54.6. The van der Waals surface area contributed by atoms with Crippen LogP contribution in [-0.4, -0.2) is 52.9 Å². The number of fused-ring (bicyclic) bond motifs is 1. The fourth-order valence-corrected chi connectivity index (χ4v) is 9.95. The standard InChI is InChI=1S/C20H12Cl3F3N4O3S.C19H11Cl3F3N3O3S.C4H9NOSi/c21-9-6-15(30-34(32,33)10-4-5-12(22)11(7-10)20(24,25)26)17(27-8-9)18-16-13(23)2-1-3-14(16)28-19(31)29-18;20-9-6-15(17(27-8-9)18(29)16-13(22)2-1-3-14(16)26)28-32(30,31)10-4-5-12(21)11(7-10)19(23,24)25;1-7(2,3)5-4-6/h1-8,18,30H,(H2,28,29,31);1-8,28H,26H2;1-3H3. The Bertz CT molecular complexity index is 3400. The maximum absolute atomic E-state index is 13.2. The van der Waals surface area contributed by atoms with E-state index in [1.54, 1.807) is 24.3 Å². The molecule has 30 heteroatoms. The molecule has 0 saturated carbocycles. The van der Waals surface area contributed by atoms with Crippen LogP contribution in [-0.2, 0) is 37.2 Å². The van der Waals surface area contributed by atoms with Crippen molar-refractivity contribution in [3.8, 4) is 0 Å². The number of aromatic nitrogens is 2. The Hall–Kier alpha value is -5.66. The van der Waals surface area contributed by atoms with Gasteiger partial charge < -0.3 is 16.4 Å². The maximum atomic E-state index is 13.2. The van der Waals surface area contributed by atoms with Crippen molar-refractivity contribution in [2.75, 3.05) is 20.5 Å². The number of benzene rings is 4. The average molecular weight is 1190 g/mol. The number of ketones is 1. The van der Waals surface area contributed by atoms with Crippen molar-refractivity contribution in [2.24, 2.45) is 4.66 Å². The molecule has 0 aliphatic carbocycles. The number of hydrogen-bond donors (Lipinski definition) is 5. The third-order valence-corrected chi connectivity index (χ3v) is 14.5. The van der Waals surface area contributed by atoms with Gasteiger partial charge >= 0.3 is 18.4 Å². The SMILES string of the molecule is C[Si](C)(C)N=C=O.Nc1cccc(Cl)c1C(=O)c1ncc(Cl)cc1NS(=O)(=O)c1ccc(Cl)c(C(F)(F)F)c1.O=C1Nc2cccc(Cl)c2C(c2ncc(Cl)cc2NS(=O)(=O)c2ccc(Cl)c(C(F)(F)F)c2)N1. The minimum Gasteiger partial charge on any atom is -0.398 e. The number of amides is 2. The number of sulfonamides is 2. The van der Waals surface area contributed by atoms with Gasteiger partial charge in [-0.2, -0.15) is 26.3 Å². The van der Waals surface area contributed by atoms with E-state index in [1.165, 1.54) is 30.5 Å². The van der Waals surface area contributed by atoms with Crippen molar-refractivity contribution < 1.29 is 57.6 Å². The van der Waals surface area contributed by atoms with Crippen LogP contribution in [0.15, 0.2) is 112 Å². The third kappa shape index (κ3) is 14.8. The van der Waals surface area contributed by atoms with E-state index in [4.69, 9.17) is 75.3 Å². The highest BCUT2D eigenvalue weighted by Crippen LogP contribution is 2.41. The molecular formula is C43H32Cl6F6N8O7S2Si. The summed E-state index contributed by atoms with van der Waals surface area (Å²) in [6.07, 6.45) is -5.90. The number of hydrogen-bond acceptors (Lipinski definition) is 11. The van der Waals surface area contributed by atoms with Crippen molar-refractivity contribution in [2.45, 2.75) is 47.8 Å². The van der Waals surface area contributed by atoms with Gasteiger partial charge in [-0.3, -0.25) is 19.2 Å². The molecule has 15 nitrogen and oxygen atoms in total. The van der Waals surface area contributed by atoms with Crippen LogP contribution in [0, 0.1) is 0 Å². The fourth-order valence-electron chi connectivity index (χ4n) is 6.19. The number of nitrogens with two attached hydrogens (primary N) is 1. The second kappa shape index (κ2) is 22.8. The largest absolute Gasteiger partial charge is 0.417 e. The number of rotatable bonds is 10. The molecule has 2 aromatic heterocycles. The molecule has 0 spiro atoms. The number of carbonyl (C=O) groups excluding carboxylic acids is 3. The minimum absolute atomic E-state index is 0.00641. The molecule has 0 radical (unpaired) electrons. The summed E-state index contributed by atoms with van der Waals surface area (Å²) in [4.78, 5) is 41.3.